The van der Waals surface area contributed by atoms with Gasteiger partial charge < -0.3 is 14.8 Å². The van der Waals surface area contributed by atoms with Crippen molar-refractivity contribution in [1.29, 1.82) is 0 Å². The van der Waals surface area contributed by atoms with Crippen molar-refractivity contribution in [2.24, 2.45) is 5.10 Å². The number of anilines is 1. The Bertz CT molecular complexity index is 526. The molecule has 0 heterocycles. The molecule has 2 N–H and O–H groups in total. The number of nitrogens with one attached hydrogen (secondary N) is 2. The molecule has 0 fully saturated rings. The van der Waals surface area contributed by atoms with Gasteiger partial charge in [0.1, 0.15) is 5.75 Å². The fourth-order valence-corrected chi connectivity index (χ4v) is 1.55. The van der Waals surface area contributed by atoms with Crippen LogP contribution in [-0.2, 0) is 14.3 Å². The van der Waals surface area contributed by atoms with E-state index >= 15 is 0 Å². The number of methoxy groups -OCH3 is 1. The smallest absolute Gasteiger partial charge is 0.311 e. The van der Waals surface area contributed by atoms with Crippen LogP contribution in [0.15, 0.2) is 29.4 Å². The van der Waals surface area contributed by atoms with Gasteiger partial charge >= 0.3 is 5.97 Å². The van der Waals surface area contributed by atoms with Crippen LogP contribution >= 0.6 is 0 Å². The van der Waals surface area contributed by atoms with Gasteiger partial charge in [-0.1, -0.05) is 0 Å². The van der Waals surface area contributed by atoms with Crippen molar-refractivity contribution in [2.45, 2.75) is 20.3 Å². The number of ether oxygens (including phenoxy) is 2. The molecular weight excluding hydrogens is 286 g/mol. The molecule has 0 spiro atoms. The quantitative estimate of drug-likeness (QED) is 0.432. The van der Waals surface area contributed by atoms with Crippen LogP contribution in [0.5, 0.6) is 5.75 Å². The molecule has 0 atom stereocenters. The average molecular weight is 307 g/mol. The molecule has 1 rings (SSSR count). The van der Waals surface area contributed by atoms with Crippen molar-refractivity contribution in [3.05, 3.63) is 24.3 Å². The molecule has 0 saturated carbocycles. The van der Waals surface area contributed by atoms with Crippen LogP contribution in [0.25, 0.3) is 0 Å². The summed E-state index contributed by atoms with van der Waals surface area (Å²) in [5, 5.41) is 6.79. The lowest BCUT2D eigenvalue weighted by atomic mass is 10.3. The minimum absolute atomic E-state index is 0.0556. The highest BCUT2D eigenvalue weighted by molar-refractivity contribution is 5.98. The number of hydrazone groups is 1. The van der Waals surface area contributed by atoms with Crippen LogP contribution in [0.3, 0.4) is 0 Å². The normalized spacial score (nSPS) is 10.8. The Hall–Kier alpha value is -2.57. The number of amides is 1. The highest BCUT2D eigenvalue weighted by Crippen LogP contribution is 2.14. The van der Waals surface area contributed by atoms with Crippen molar-refractivity contribution in [1.82, 2.24) is 5.43 Å². The van der Waals surface area contributed by atoms with E-state index in [0.29, 0.717) is 12.3 Å². The summed E-state index contributed by atoms with van der Waals surface area (Å²) in [4.78, 5) is 22.9. The second-order valence-corrected chi connectivity index (χ2v) is 4.45. The Kier molecular flexibility index (Phi) is 7.45. The van der Waals surface area contributed by atoms with E-state index in [1.807, 2.05) is 0 Å². The fourth-order valence-electron chi connectivity index (χ4n) is 1.55. The van der Waals surface area contributed by atoms with Gasteiger partial charge in [-0.25, -0.2) is 5.43 Å². The van der Waals surface area contributed by atoms with Crippen LogP contribution < -0.4 is 15.5 Å². The summed E-state index contributed by atoms with van der Waals surface area (Å²) in [6, 6.07) is 7.20. The third kappa shape index (κ3) is 6.74. The van der Waals surface area contributed by atoms with Crippen LogP contribution in [0.4, 0.5) is 5.69 Å². The van der Waals surface area contributed by atoms with E-state index in [1.165, 1.54) is 0 Å². The highest BCUT2D eigenvalue weighted by atomic mass is 16.5. The maximum Gasteiger partial charge on any atom is 0.311 e. The van der Waals surface area contributed by atoms with E-state index < -0.39 is 0 Å². The summed E-state index contributed by atoms with van der Waals surface area (Å²) in [6.45, 7) is 3.78. The molecule has 0 radical (unpaired) electrons. The molecule has 7 heteroatoms. The van der Waals surface area contributed by atoms with Crippen molar-refractivity contribution in [2.75, 3.05) is 25.6 Å². The first-order valence-corrected chi connectivity index (χ1v) is 6.90. The van der Waals surface area contributed by atoms with Gasteiger partial charge in [0.05, 0.1) is 26.7 Å². The summed E-state index contributed by atoms with van der Waals surface area (Å²) in [7, 11) is 1.59. The van der Waals surface area contributed by atoms with Gasteiger partial charge in [-0.05, 0) is 38.1 Å². The SMILES string of the molecule is CCOC(=O)C/C(C)=N\NC(=O)CNc1ccc(OC)cc1. The minimum atomic E-state index is -0.366. The number of carbonyl (C=O) groups is 2. The standard InChI is InChI=1S/C15H21N3O4/c1-4-22-15(20)9-11(2)17-18-14(19)10-16-12-5-7-13(21-3)8-6-12/h5-8,16H,4,9-10H2,1-3H3,(H,18,19)/b17-11-. The molecule has 0 aliphatic rings. The predicted molar refractivity (Wildman–Crippen MR) is 84.0 cm³/mol. The van der Waals surface area contributed by atoms with Crippen molar-refractivity contribution < 1.29 is 19.1 Å². The third-order valence-electron chi connectivity index (χ3n) is 2.62. The monoisotopic (exact) mass is 307 g/mol. The number of esters is 1. The van der Waals surface area contributed by atoms with Crippen molar-refractivity contribution in [3.8, 4) is 5.75 Å². The molecule has 0 saturated heterocycles. The molecule has 7 nitrogen and oxygen atoms in total. The van der Waals surface area contributed by atoms with E-state index in [1.54, 1.807) is 45.2 Å². The maximum absolute atomic E-state index is 11.6. The summed E-state index contributed by atoms with van der Waals surface area (Å²) in [5.74, 6) is 0.0718. The molecule has 1 amide bonds. The first kappa shape index (κ1) is 17.5. The van der Waals surface area contributed by atoms with Crippen molar-refractivity contribution >= 4 is 23.3 Å². The Labute approximate surface area is 129 Å². The molecule has 0 bridgehead atoms. The largest absolute Gasteiger partial charge is 0.497 e. The molecule has 0 aliphatic carbocycles. The lowest BCUT2D eigenvalue weighted by molar-refractivity contribution is -0.141. The molecule has 22 heavy (non-hydrogen) atoms. The van der Waals surface area contributed by atoms with Gasteiger partial charge in [-0.3, -0.25) is 9.59 Å². The average Bonchev–Trinajstić information content (AvgIpc) is 2.51. The zero-order chi connectivity index (χ0) is 16.4. The van der Waals surface area contributed by atoms with Gasteiger partial charge in [0.2, 0.25) is 0 Å². The van der Waals surface area contributed by atoms with Gasteiger partial charge in [-0.15, -0.1) is 0 Å². The summed E-state index contributed by atoms with van der Waals surface area (Å²) in [5.41, 5.74) is 3.65. The van der Waals surface area contributed by atoms with Crippen LogP contribution in [-0.4, -0.2) is 37.8 Å². The van der Waals surface area contributed by atoms with Gasteiger partial charge in [0.25, 0.3) is 5.91 Å². The van der Waals surface area contributed by atoms with Gasteiger partial charge in [-0.2, -0.15) is 5.10 Å². The number of hydrogen-bond acceptors (Lipinski definition) is 6. The topological polar surface area (TPSA) is 89.0 Å². The van der Waals surface area contributed by atoms with E-state index in [2.05, 4.69) is 15.8 Å². The van der Waals surface area contributed by atoms with E-state index in [0.717, 1.165) is 11.4 Å². The molecule has 0 aromatic heterocycles. The molecule has 1 aromatic rings. The summed E-state index contributed by atoms with van der Waals surface area (Å²) in [6.07, 6.45) is 0.0556. The Morgan fingerprint density at radius 1 is 1.23 bits per heavy atom. The predicted octanol–water partition coefficient (Wildman–Crippen LogP) is 1.55. The highest BCUT2D eigenvalue weighted by Gasteiger charge is 2.05. The third-order valence-corrected chi connectivity index (χ3v) is 2.62. The van der Waals surface area contributed by atoms with Crippen LogP contribution in [0.1, 0.15) is 20.3 Å². The second kappa shape index (κ2) is 9.38. The van der Waals surface area contributed by atoms with E-state index in [9.17, 15) is 9.59 Å². The minimum Gasteiger partial charge on any atom is -0.497 e. The fraction of sp³-hybridized carbons (Fsp3) is 0.400. The number of carbonyl (C=O) groups excluding carboxylic acids is 2. The van der Waals surface area contributed by atoms with Crippen LogP contribution in [0, 0.1) is 0 Å². The van der Waals surface area contributed by atoms with Gasteiger partial charge in [0, 0.05) is 11.4 Å². The molecule has 0 unspecified atom stereocenters. The maximum atomic E-state index is 11.6. The number of benzene rings is 1. The summed E-state index contributed by atoms with van der Waals surface area (Å²) < 4.78 is 9.83. The lowest BCUT2D eigenvalue weighted by Gasteiger charge is -2.07. The number of rotatable bonds is 8. The molecular formula is C15H21N3O4. The lowest BCUT2D eigenvalue weighted by Crippen LogP contribution is -2.27. The Morgan fingerprint density at radius 3 is 2.50 bits per heavy atom. The van der Waals surface area contributed by atoms with E-state index in [4.69, 9.17) is 9.47 Å². The molecule has 0 aliphatic heterocycles. The Morgan fingerprint density at radius 2 is 1.91 bits per heavy atom. The summed E-state index contributed by atoms with van der Waals surface area (Å²) >= 11 is 0. The molecule has 1 aromatic carbocycles. The Balaban J connectivity index is 2.34. The van der Waals surface area contributed by atoms with Crippen LogP contribution in [0.2, 0.25) is 0 Å². The van der Waals surface area contributed by atoms with E-state index in [-0.39, 0.29) is 24.8 Å². The zero-order valence-electron chi connectivity index (χ0n) is 13.0. The second-order valence-electron chi connectivity index (χ2n) is 4.45. The van der Waals surface area contributed by atoms with Crippen molar-refractivity contribution in [3.63, 3.8) is 0 Å². The number of nitrogens with zero attached hydrogens (tertiary/aromatic N) is 1. The first-order valence-electron chi connectivity index (χ1n) is 6.90. The first-order chi connectivity index (χ1) is 10.5. The number of hydrogen-bond donors (Lipinski definition) is 2. The van der Waals surface area contributed by atoms with Gasteiger partial charge in [0.15, 0.2) is 0 Å². The zero-order valence-corrected chi connectivity index (χ0v) is 13.0. The molecule has 120 valence electrons.